The maximum Gasteiger partial charge on any atom is 0.254 e. The van der Waals surface area contributed by atoms with E-state index in [2.05, 4.69) is 13.2 Å². The normalized spacial score (nSPS) is 13.7. The smallest absolute Gasteiger partial charge is 0.254 e. The van der Waals surface area contributed by atoms with Crippen LogP contribution in [0, 0.1) is 12.8 Å². The zero-order valence-corrected chi connectivity index (χ0v) is 25.1. The summed E-state index contributed by atoms with van der Waals surface area (Å²) in [4.78, 5) is 29.6. The lowest BCUT2D eigenvalue weighted by atomic mass is 9.95. The first-order valence-corrected chi connectivity index (χ1v) is 14.0. The van der Waals surface area contributed by atoms with E-state index in [1.54, 1.807) is 18.2 Å². The zero-order valence-electron chi connectivity index (χ0n) is 23.6. The summed E-state index contributed by atoms with van der Waals surface area (Å²) in [5.74, 6) is 0.329. The van der Waals surface area contributed by atoms with Crippen molar-refractivity contribution >= 4 is 35.0 Å². The molecule has 39 heavy (non-hydrogen) atoms. The molecule has 3 rings (SSSR count). The van der Waals surface area contributed by atoms with Gasteiger partial charge in [-0.15, -0.1) is 0 Å². The lowest BCUT2D eigenvalue weighted by Gasteiger charge is -2.35. The number of likely N-dealkylation sites (tertiary alicyclic amines) is 1. The highest BCUT2D eigenvalue weighted by atomic mass is 35.5. The zero-order chi connectivity index (χ0) is 28.9. The summed E-state index contributed by atoms with van der Waals surface area (Å²) < 4.78 is 0. The van der Waals surface area contributed by atoms with Crippen molar-refractivity contribution in [2.45, 2.75) is 40.5 Å². The minimum atomic E-state index is -0.0356. The Labute approximate surface area is 244 Å². The van der Waals surface area contributed by atoms with E-state index in [0.717, 1.165) is 29.6 Å². The standard InChI is InChI=1S/C25H28Cl2N2O2.C8H12/c1-17(2)15-29(24(30)20-6-4-18(3)5-7-20)16-19-10-12-28(13-11-19)25(31)21-8-9-22(26)23(27)14-21;1-4-5-6-7-8(2)3/h4-9,14,19H,1,10-13,15-16H2,2-3H3;4-7H,2H2,1,3H3/b;5-4-,7-6-. The summed E-state index contributed by atoms with van der Waals surface area (Å²) in [6.07, 6.45) is 9.61. The summed E-state index contributed by atoms with van der Waals surface area (Å²) in [5.41, 5.74) is 4.41. The number of amides is 2. The first-order valence-electron chi connectivity index (χ1n) is 13.2. The summed E-state index contributed by atoms with van der Waals surface area (Å²) in [7, 11) is 0. The Balaban J connectivity index is 0.000000580. The Kier molecular flexibility index (Phi) is 13.3. The number of halogens is 2. The Bertz CT molecular complexity index is 1210. The first kappa shape index (κ1) is 32.1. The number of aryl methyl sites for hydroxylation is 1. The molecule has 208 valence electrons. The second-order valence-corrected chi connectivity index (χ2v) is 10.9. The fourth-order valence-corrected chi connectivity index (χ4v) is 4.49. The molecule has 2 aromatic carbocycles. The number of carbonyl (C=O) groups is 2. The number of rotatable bonds is 8. The molecule has 0 aliphatic carbocycles. The number of hydrogen-bond donors (Lipinski definition) is 0. The van der Waals surface area contributed by atoms with Crippen LogP contribution in [-0.4, -0.2) is 47.8 Å². The largest absolute Gasteiger partial charge is 0.339 e. The molecule has 1 saturated heterocycles. The van der Waals surface area contributed by atoms with Crippen LogP contribution in [0.4, 0.5) is 0 Å². The van der Waals surface area contributed by atoms with Crippen molar-refractivity contribution in [1.82, 2.24) is 9.80 Å². The number of hydrogen-bond acceptors (Lipinski definition) is 2. The van der Waals surface area contributed by atoms with Gasteiger partial charge in [-0.3, -0.25) is 9.59 Å². The SMILES string of the molecule is C=C(C)/C=C\C=C/C.C=C(C)CN(CC1CCN(C(=O)c2ccc(Cl)c(Cl)c2)CC1)C(=O)c1ccc(C)cc1. The van der Waals surface area contributed by atoms with Crippen molar-refractivity contribution in [3.05, 3.63) is 118 Å². The molecule has 0 unspecified atom stereocenters. The molecule has 0 bridgehead atoms. The van der Waals surface area contributed by atoms with Crippen LogP contribution in [0.1, 0.15) is 59.9 Å². The molecule has 0 spiro atoms. The molecule has 1 aliphatic rings. The third kappa shape index (κ3) is 10.9. The van der Waals surface area contributed by atoms with Gasteiger partial charge < -0.3 is 9.80 Å². The summed E-state index contributed by atoms with van der Waals surface area (Å²) in [6, 6.07) is 12.6. The molecule has 2 aromatic rings. The van der Waals surface area contributed by atoms with Crippen molar-refractivity contribution < 1.29 is 9.59 Å². The summed E-state index contributed by atoms with van der Waals surface area (Å²) in [6.45, 7) is 18.1. The third-order valence-corrected chi connectivity index (χ3v) is 7.02. The van der Waals surface area contributed by atoms with Crippen LogP contribution in [0.15, 0.2) is 91.1 Å². The molecule has 1 aliphatic heterocycles. The van der Waals surface area contributed by atoms with Gasteiger partial charge in [-0.05, 0) is 76.8 Å². The lowest BCUT2D eigenvalue weighted by molar-refractivity contribution is 0.0619. The first-order chi connectivity index (χ1) is 18.5. The molecule has 1 heterocycles. The number of allylic oxidation sites excluding steroid dienone is 5. The molecule has 0 saturated carbocycles. The second-order valence-electron chi connectivity index (χ2n) is 10.1. The molecule has 1 fully saturated rings. The van der Waals surface area contributed by atoms with E-state index in [1.807, 2.05) is 86.1 Å². The third-order valence-electron chi connectivity index (χ3n) is 6.28. The molecule has 2 amide bonds. The molecular formula is C33H40Cl2N2O2. The van der Waals surface area contributed by atoms with E-state index >= 15 is 0 Å². The summed E-state index contributed by atoms with van der Waals surface area (Å²) in [5, 5.41) is 0.820. The molecule has 4 nitrogen and oxygen atoms in total. The predicted octanol–water partition coefficient (Wildman–Crippen LogP) is 8.57. The fraction of sp³-hybridized carbons (Fsp3) is 0.333. The summed E-state index contributed by atoms with van der Waals surface area (Å²) >= 11 is 12.0. The average molecular weight is 568 g/mol. The number of benzene rings is 2. The predicted molar refractivity (Wildman–Crippen MR) is 166 cm³/mol. The number of carbonyl (C=O) groups excluding carboxylic acids is 2. The molecular weight excluding hydrogens is 527 g/mol. The molecule has 0 aromatic heterocycles. The van der Waals surface area contributed by atoms with Gasteiger partial charge in [-0.2, -0.15) is 0 Å². The van der Waals surface area contributed by atoms with Gasteiger partial charge in [0.15, 0.2) is 0 Å². The van der Waals surface area contributed by atoms with Gasteiger partial charge in [0.1, 0.15) is 0 Å². The van der Waals surface area contributed by atoms with Crippen LogP contribution >= 0.6 is 23.2 Å². The van der Waals surface area contributed by atoms with Crippen molar-refractivity contribution in [3.8, 4) is 0 Å². The van der Waals surface area contributed by atoms with E-state index in [4.69, 9.17) is 23.2 Å². The second kappa shape index (κ2) is 16.1. The van der Waals surface area contributed by atoms with E-state index in [0.29, 0.717) is 53.3 Å². The quantitative estimate of drug-likeness (QED) is 0.237. The van der Waals surface area contributed by atoms with Crippen LogP contribution in [0.3, 0.4) is 0 Å². The van der Waals surface area contributed by atoms with Gasteiger partial charge >= 0.3 is 0 Å². The van der Waals surface area contributed by atoms with Gasteiger partial charge in [0, 0.05) is 37.3 Å². The lowest BCUT2D eigenvalue weighted by Crippen LogP contribution is -2.43. The number of piperidine rings is 1. The van der Waals surface area contributed by atoms with Crippen molar-refractivity contribution in [2.24, 2.45) is 5.92 Å². The topological polar surface area (TPSA) is 40.6 Å². The van der Waals surface area contributed by atoms with Crippen LogP contribution in [0.25, 0.3) is 0 Å². The fourth-order valence-electron chi connectivity index (χ4n) is 4.20. The maximum absolute atomic E-state index is 13.1. The van der Waals surface area contributed by atoms with E-state index in [9.17, 15) is 9.59 Å². The Hall–Kier alpha value is -3.08. The van der Waals surface area contributed by atoms with Crippen molar-refractivity contribution in [1.29, 1.82) is 0 Å². The molecule has 0 N–H and O–H groups in total. The van der Waals surface area contributed by atoms with Gasteiger partial charge in [-0.25, -0.2) is 0 Å². The molecule has 6 heteroatoms. The van der Waals surface area contributed by atoms with Crippen LogP contribution < -0.4 is 0 Å². The van der Waals surface area contributed by atoms with Crippen molar-refractivity contribution in [2.75, 3.05) is 26.2 Å². The highest BCUT2D eigenvalue weighted by molar-refractivity contribution is 6.42. The van der Waals surface area contributed by atoms with Crippen LogP contribution in [0.5, 0.6) is 0 Å². The highest BCUT2D eigenvalue weighted by Gasteiger charge is 2.27. The molecule has 0 atom stereocenters. The van der Waals surface area contributed by atoms with Gasteiger partial charge in [0.25, 0.3) is 11.8 Å². The average Bonchev–Trinajstić information content (AvgIpc) is 2.90. The van der Waals surface area contributed by atoms with E-state index < -0.39 is 0 Å². The minimum absolute atomic E-state index is 0.0253. The maximum atomic E-state index is 13.1. The molecule has 0 radical (unpaired) electrons. The minimum Gasteiger partial charge on any atom is -0.339 e. The Morgan fingerprint density at radius 1 is 0.974 bits per heavy atom. The van der Waals surface area contributed by atoms with Gasteiger partial charge in [0.05, 0.1) is 10.0 Å². The Morgan fingerprint density at radius 3 is 2.13 bits per heavy atom. The van der Waals surface area contributed by atoms with E-state index in [1.165, 1.54) is 0 Å². The van der Waals surface area contributed by atoms with Crippen LogP contribution in [-0.2, 0) is 0 Å². The van der Waals surface area contributed by atoms with Crippen molar-refractivity contribution in [3.63, 3.8) is 0 Å². The Morgan fingerprint density at radius 2 is 1.59 bits per heavy atom. The van der Waals surface area contributed by atoms with Crippen LogP contribution in [0.2, 0.25) is 10.0 Å². The highest BCUT2D eigenvalue weighted by Crippen LogP contribution is 2.25. The van der Waals surface area contributed by atoms with E-state index in [-0.39, 0.29) is 11.8 Å². The number of nitrogens with zero attached hydrogens (tertiary/aromatic N) is 2. The van der Waals surface area contributed by atoms with Gasteiger partial charge in [0.2, 0.25) is 0 Å². The van der Waals surface area contributed by atoms with Gasteiger partial charge in [-0.1, -0.05) is 89.5 Å². The monoisotopic (exact) mass is 566 g/mol.